The summed E-state index contributed by atoms with van der Waals surface area (Å²) < 4.78 is 24.0. The summed E-state index contributed by atoms with van der Waals surface area (Å²) in [6.07, 6.45) is 0. The molecule has 2 heterocycles. The fourth-order valence-corrected chi connectivity index (χ4v) is 2.01. The minimum Gasteiger partial charge on any atom is -0.419 e. The zero-order valence-corrected chi connectivity index (χ0v) is 10.4. The molecule has 1 aromatic carbocycles. The minimum atomic E-state index is -0.314. The average molecular weight is 263 g/mol. The standard InChI is InChI=1S/C13H14FN3O2/c14-11-3-1-2-10(8-11)13-16-15-12(19-13)9-17-4-6-18-7-5-17/h1-3,8H,4-7,9H2. The number of aromatic nitrogens is 2. The Labute approximate surface area is 110 Å². The van der Waals surface area contributed by atoms with Gasteiger partial charge < -0.3 is 9.15 Å². The van der Waals surface area contributed by atoms with Gasteiger partial charge >= 0.3 is 0 Å². The summed E-state index contributed by atoms with van der Waals surface area (Å²) in [5.41, 5.74) is 0.598. The normalized spacial score (nSPS) is 16.7. The SMILES string of the molecule is Fc1cccc(-c2nnc(CN3CCOCC3)o2)c1. The van der Waals surface area contributed by atoms with E-state index in [2.05, 4.69) is 15.1 Å². The van der Waals surface area contributed by atoms with Gasteiger partial charge in [-0.2, -0.15) is 0 Å². The Bertz CT molecular complexity index is 552. The highest BCUT2D eigenvalue weighted by Crippen LogP contribution is 2.19. The van der Waals surface area contributed by atoms with E-state index in [1.54, 1.807) is 12.1 Å². The van der Waals surface area contributed by atoms with E-state index in [4.69, 9.17) is 9.15 Å². The maximum atomic E-state index is 13.1. The molecule has 6 heteroatoms. The van der Waals surface area contributed by atoms with Crippen LogP contribution in [0.1, 0.15) is 5.89 Å². The van der Waals surface area contributed by atoms with Crippen LogP contribution in [0.25, 0.3) is 11.5 Å². The van der Waals surface area contributed by atoms with Crippen LogP contribution >= 0.6 is 0 Å². The van der Waals surface area contributed by atoms with E-state index in [1.165, 1.54) is 12.1 Å². The Morgan fingerprint density at radius 3 is 2.84 bits per heavy atom. The number of morpholine rings is 1. The van der Waals surface area contributed by atoms with Gasteiger partial charge in [-0.3, -0.25) is 4.90 Å². The van der Waals surface area contributed by atoms with E-state index in [0.717, 1.165) is 26.3 Å². The van der Waals surface area contributed by atoms with Crippen molar-refractivity contribution in [1.82, 2.24) is 15.1 Å². The van der Waals surface area contributed by atoms with E-state index in [9.17, 15) is 4.39 Å². The number of nitrogens with zero attached hydrogens (tertiary/aromatic N) is 3. The summed E-state index contributed by atoms with van der Waals surface area (Å²) in [6.45, 7) is 3.77. The Hall–Kier alpha value is -1.79. The summed E-state index contributed by atoms with van der Waals surface area (Å²) in [5, 5.41) is 7.95. The smallest absolute Gasteiger partial charge is 0.247 e. The molecule has 1 saturated heterocycles. The Morgan fingerprint density at radius 2 is 2.05 bits per heavy atom. The predicted molar refractivity (Wildman–Crippen MR) is 65.8 cm³/mol. The maximum Gasteiger partial charge on any atom is 0.247 e. The second kappa shape index (κ2) is 5.46. The molecule has 1 fully saturated rings. The molecular weight excluding hydrogens is 249 g/mol. The first-order valence-electron chi connectivity index (χ1n) is 6.20. The van der Waals surface area contributed by atoms with Gasteiger partial charge in [0.05, 0.1) is 19.8 Å². The van der Waals surface area contributed by atoms with Gasteiger partial charge in [-0.25, -0.2) is 4.39 Å². The predicted octanol–water partition coefficient (Wildman–Crippen LogP) is 1.71. The van der Waals surface area contributed by atoms with Crippen molar-refractivity contribution in [2.24, 2.45) is 0 Å². The van der Waals surface area contributed by atoms with Gasteiger partial charge in [0.1, 0.15) is 5.82 Å². The number of rotatable bonds is 3. The molecule has 0 spiro atoms. The van der Waals surface area contributed by atoms with Gasteiger partial charge in [-0.15, -0.1) is 10.2 Å². The number of halogens is 1. The van der Waals surface area contributed by atoms with Crippen molar-refractivity contribution in [2.45, 2.75) is 6.54 Å². The minimum absolute atomic E-state index is 0.314. The van der Waals surface area contributed by atoms with Gasteiger partial charge in [0.2, 0.25) is 11.8 Å². The number of ether oxygens (including phenoxy) is 1. The Balaban J connectivity index is 1.72. The quantitative estimate of drug-likeness (QED) is 0.843. The van der Waals surface area contributed by atoms with Crippen LogP contribution in [-0.4, -0.2) is 41.4 Å². The van der Waals surface area contributed by atoms with Crippen LogP contribution in [0, 0.1) is 5.82 Å². The zero-order valence-electron chi connectivity index (χ0n) is 10.4. The van der Waals surface area contributed by atoms with Crippen LogP contribution in [-0.2, 0) is 11.3 Å². The average Bonchev–Trinajstić information content (AvgIpc) is 2.88. The van der Waals surface area contributed by atoms with Crippen molar-refractivity contribution in [3.8, 4) is 11.5 Å². The van der Waals surface area contributed by atoms with Crippen molar-refractivity contribution in [3.63, 3.8) is 0 Å². The Morgan fingerprint density at radius 1 is 1.21 bits per heavy atom. The number of hydrogen-bond acceptors (Lipinski definition) is 5. The fraction of sp³-hybridized carbons (Fsp3) is 0.385. The molecule has 1 aromatic heterocycles. The third-order valence-electron chi connectivity index (χ3n) is 3.00. The van der Waals surface area contributed by atoms with Gasteiger partial charge in [0.15, 0.2) is 0 Å². The molecule has 0 atom stereocenters. The number of hydrogen-bond donors (Lipinski definition) is 0. The molecule has 0 bridgehead atoms. The molecule has 1 aliphatic heterocycles. The van der Waals surface area contributed by atoms with Crippen molar-refractivity contribution in [2.75, 3.05) is 26.3 Å². The molecule has 19 heavy (non-hydrogen) atoms. The second-order valence-electron chi connectivity index (χ2n) is 4.40. The molecule has 0 amide bonds. The van der Waals surface area contributed by atoms with Crippen LogP contribution in [0.5, 0.6) is 0 Å². The third kappa shape index (κ3) is 2.97. The summed E-state index contributed by atoms with van der Waals surface area (Å²) in [5.74, 6) is 0.578. The molecule has 5 nitrogen and oxygen atoms in total. The molecule has 0 N–H and O–H groups in total. The lowest BCUT2D eigenvalue weighted by molar-refractivity contribution is 0.0306. The van der Waals surface area contributed by atoms with Crippen LogP contribution in [0.2, 0.25) is 0 Å². The summed E-state index contributed by atoms with van der Waals surface area (Å²) >= 11 is 0. The Kier molecular flexibility index (Phi) is 3.52. The van der Waals surface area contributed by atoms with E-state index in [0.29, 0.717) is 23.9 Å². The van der Waals surface area contributed by atoms with Crippen LogP contribution in [0.15, 0.2) is 28.7 Å². The molecule has 0 aliphatic carbocycles. The first-order chi connectivity index (χ1) is 9.31. The van der Waals surface area contributed by atoms with E-state index in [-0.39, 0.29) is 5.82 Å². The van der Waals surface area contributed by atoms with Gasteiger partial charge in [-0.05, 0) is 18.2 Å². The molecule has 3 rings (SSSR count). The fourth-order valence-electron chi connectivity index (χ4n) is 2.01. The summed E-state index contributed by atoms with van der Waals surface area (Å²) in [7, 11) is 0. The monoisotopic (exact) mass is 263 g/mol. The lowest BCUT2D eigenvalue weighted by Gasteiger charge is -2.24. The molecular formula is C13H14FN3O2. The van der Waals surface area contributed by atoms with Gasteiger partial charge in [0.25, 0.3) is 0 Å². The molecule has 0 radical (unpaired) electrons. The van der Waals surface area contributed by atoms with E-state index in [1.807, 2.05) is 0 Å². The lowest BCUT2D eigenvalue weighted by atomic mass is 10.2. The molecule has 0 saturated carbocycles. The van der Waals surface area contributed by atoms with Crippen LogP contribution in [0.4, 0.5) is 4.39 Å². The van der Waals surface area contributed by atoms with Gasteiger partial charge in [0, 0.05) is 18.7 Å². The molecule has 100 valence electrons. The first-order valence-corrected chi connectivity index (χ1v) is 6.20. The molecule has 1 aliphatic rings. The highest BCUT2D eigenvalue weighted by Gasteiger charge is 2.15. The van der Waals surface area contributed by atoms with Crippen molar-refractivity contribution < 1.29 is 13.5 Å². The van der Waals surface area contributed by atoms with E-state index < -0.39 is 0 Å². The lowest BCUT2D eigenvalue weighted by Crippen LogP contribution is -2.35. The topological polar surface area (TPSA) is 51.4 Å². The van der Waals surface area contributed by atoms with E-state index >= 15 is 0 Å². The van der Waals surface area contributed by atoms with Crippen LogP contribution in [0.3, 0.4) is 0 Å². The summed E-state index contributed by atoms with van der Waals surface area (Å²) in [6, 6.07) is 6.13. The summed E-state index contributed by atoms with van der Waals surface area (Å²) in [4.78, 5) is 2.19. The van der Waals surface area contributed by atoms with Gasteiger partial charge in [-0.1, -0.05) is 6.07 Å². The molecule has 2 aromatic rings. The van der Waals surface area contributed by atoms with Crippen molar-refractivity contribution in [3.05, 3.63) is 36.0 Å². The largest absolute Gasteiger partial charge is 0.419 e. The van der Waals surface area contributed by atoms with Crippen LogP contribution < -0.4 is 0 Å². The molecule has 0 unspecified atom stereocenters. The zero-order chi connectivity index (χ0) is 13.1. The van der Waals surface area contributed by atoms with Crippen molar-refractivity contribution in [1.29, 1.82) is 0 Å². The first kappa shape index (κ1) is 12.3. The third-order valence-corrected chi connectivity index (χ3v) is 3.00. The second-order valence-corrected chi connectivity index (χ2v) is 4.40. The maximum absolute atomic E-state index is 13.1. The highest BCUT2D eigenvalue weighted by molar-refractivity contribution is 5.52. The number of benzene rings is 1. The van der Waals surface area contributed by atoms with Crippen molar-refractivity contribution >= 4 is 0 Å². The highest BCUT2D eigenvalue weighted by atomic mass is 19.1.